The molecule has 1 aliphatic heterocycles. The summed E-state index contributed by atoms with van der Waals surface area (Å²) in [5, 5.41) is 3.23. The standard InChI is InChI=1S/C16H31N3O2/c1-13(16(20)18-14-5-3-2-4-6-14)19-10-7-15(8-11-19)21-12-9-17/h13-15H,2-12,17H2,1H3,(H,18,20). The van der Waals surface area contributed by atoms with Crippen LogP contribution in [-0.4, -0.2) is 55.2 Å². The van der Waals surface area contributed by atoms with Crippen LogP contribution in [0, 0.1) is 0 Å². The molecular weight excluding hydrogens is 266 g/mol. The Morgan fingerprint density at radius 3 is 2.52 bits per heavy atom. The van der Waals surface area contributed by atoms with E-state index in [0.29, 0.717) is 25.3 Å². The highest BCUT2D eigenvalue weighted by Crippen LogP contribution is 2.19. The highest BCUT2D eigenvalue weighted by molar-refractivity contribution is 5.81. The third kappa shape index (κ3) is 5.24. The summed E-state index contributed by atoms with van der Waals surface area (Å²) >= 11 is 0. The van der Waals surface area contributed by atoms with E-state index in [1.54, 1.807) is 0 Å². The minimum absolute atomic E-state index is 0.0256. The first kappa shape index (κ1) is 16.7. The molecule has 1 heterocycles. The van der Waals surface area contributed by atoms with E-state index in [4.69, 9.17) is 10.5 Å². The van der Waals surface area contributed by atoms with E-state index in [1.165, 1.54) is 19.3 Å². The van der Waals surface area contributed by atoms with Gasteiger partial charge in [-0.1, -0.05) is 19.3 Å². The zero-order chi connectivity index (χ0) is 15.1. The van der Waals surface area contributed by atoms with Gasteiger partial charge in [0.2, 0.25) is 5.91 Å². The summed E-state index contributed by atoms with van der Waals surface area (Å²) in [5.74, 6) is 0.197. The number of piperidine rings is 1. The molecule has 1 amide bonds. The summed E-state index contributed by atoms with van der Waals surface area (Å²) in [5.41, 5.74) is 5.46. The van der Waals surface area contributed by atoms with Gasteiger partial charge in [0.25, 0.3) is 0 Å². The van der Waals surface area contributed by atoms with E-state index in [-0.39, 0.29) is 11.9 Å². The number of carbonyl (C=O) groups is 1. The molecule has 122 valence electrons. The van der Waals surface area contributed by atoms with Gasteiger partial charge in [0.1, 0.15) is 0 Å². The third-order valence-electron chi connectivity index (χ3n) is 4.83. The lowest BCUT2D eigenvalue weighted by Gasteiger charge is -2.36. The molecule has 1 unspecified atom stereocenters. The van der Waals surface area contributed by atoms with Gasteiger partial charge >= 0.3 is 0 Å². The van der Waals surface area contributed by atoms with E-state index in [1.807, 2.05) is 6.92 Å². The fraction of sp³-hybridized carbons (Fsp3) is 0.938. The van der Waals surface area contributed by atoms with Crippen molar-refractivity contribution in [1.82, 2.24) is 10.2 Å². The minimum atomic E-state index is -0.0256. The second-order valence-electron chi connectivity index (χ2n) is 6.41. The molecule has 0 aromatic carbocycles. The van der Waals surface area contributed by atoms with Crippen LogP contribution in [0.5, 0.6) is 0 Å². The second-order valence-corrected chi connectivity index (χ2v) is 6.41. The molecule has 1 aliphatic carbocycles. The average molecular weight is 297 g/mol. The Labute approximate surface area is 128 Å². The van der Waals surface area contributed by atoms with Gasteiger partial charge in [-0.2, -0.15) is 0 Å². The molecule has 2 aliphatic rings. The molecule has 0 aromatic heterocycles. The van der Waals surface area contributed by atoms with E-state index in [9.17, 15) is 4.79 Å². The molecule has 2 rings (SSSR count). The number of nitrogens with one attached hydrogen (secondary N) is 1. The summed E-state index contributed by atoms with van der Waals surface area (Å²) in [6.45, 7) is 5.13. The number of ether oxygens (including phenoxy) is 1. The molecule has 5 nitrogen and oxygen atoms in total. The quantitative estimate of drug-likeness (QED) is 0.774. The van der Waals surface area contributed by atoms with Gasteiger partial charge in [-0.3, -0.25) is 9.69 Å². The van der Waals surface area contributed by atoms with Crippen LogP contribution in [0.1, 0.15) is 51.9 Å². The van der Waals surface area contributed by atoms with Crippen LogP contribution in [0.4, 0.5) is 0 Å². The van der Waals surface area contributed by atoms with Gasteiger partial charge < -0.3 is 15.8 Å². The van der Waals surface area contributed by atoms with Gasteiger partial charge in [-0.05, 0) is 32.6 Å². The van der Waals surface area contributed by atoms with Crippen molar-refractivity contribution in [2.45, 2.75) is 70.1 Å². The van der Waals surface area contributed by atoms with E-state index >= 15 is 0 Å². The molecular formula is C16H31N3O2. The zero-order valence-electron chi connectivity index (χ0n) is 13.4. The lowest BCUT2D eigenvalue weighted by molar-refractivity contribution is -0.128. The summed E-state index contributed by atoms with van der Waals surface area (Å²) < 4.78 is 5.69. The Balaban J connectivity index is 1.70. The minimum Gasteiger partial charge on any atom is -0.377 e. The molecule has 21 heavy (non-hydrogen) atoms. The number of carbonyl (C=O) groups excluding carboxylic acids is 1. The summed E-state index contributed by atoms with van der Waals surface area (Å²) in [4.78, 5) is 14.6. The maximum Gasteiger partial charge on any atom is 0.237 e. The maximum absolute atomic E-state index is 12.4. The molecule has 3 N–H and O–H groups in total. The normalized spacial score (nSPS) is 23.9. The molecule has 5 heteroatoms. The molecule has 1 saturated carbocycles. The van der Waals surface area contributed by atoms with E-state index in [2.05, 4.69) is 10.2 Å². The Morgan fingerprint density at radius 2 is 1.90 bits per heavy atom. The van der Waals surface area contributed by atoms with Crippen LogP contribution in [0.25, 0.3) is 0 Å². The van der Waals surface area contributed by atoms with Crippen LogP contribution in [0.2, 0.25) is 0 Å². The van der Waals surface area contributed by atoms with Crippen LogP contribution in [-0.2, 0) is 9.53 Å². The lowest BCUT2D eigenvalue weighted by atomic mass is 9.95. The van der Waals surface area contributed by atoms with Crippen LogP contribution >= 0.6 is 0 Å². The predicted octanol–water partition coefficient (Wildman–Crippen LogP) is 1.26. The molecule has 0 aromatic rings. The SMILES string of the molecule is CC(C(=O)NC1CCCCC1)N1CCC(OCCN)CC1. The molecule has 0 spiro atoms. The third-order valence-corrected chi connectivity index (χ3v) is 4.83. The maximum atomic E-state index is 12.4. The van der Waals surface area contributed by atoms with Crippen molar-refractivity contribution in [2.24, 2.45) is 5.73 Å². The van der Waals surface area contributed by atoms with Crippen molar-refractivity contribution in [1.29, 1.82) is 0 Å². The first-order chi connectivity index (χ1) is 10.2. The fourth-order valence-corrected chi connectivity index (χ4v) is 3.40. The van der Waals surface area contributed by atoms with Crippen molar-refractivity contribution >= 4 is 5.91 Å². The van der Waals surface area contributed by atoms with Crippen molar-refractivity contribution < 1.29 is 9.53 Å². The Hall–Kier alpha value is -0.650. The van der Waals surface area contributed by atoms with Gasteiger partial charge in [0, 0.05) is 25.7 Å². The van der Waals surface area contributed by atoms with Crippen LogP contribution in [0.3, 0.4) is 0 Å². The number of nitrogens with zero attached hydrogens (tertiary/aromatic N) is 1. The monoisotopic (exact) mass is 297 g/mol. The van der Waals surface area contributed by atoms with E-state index < -0.39 is 0 Å². The van der Waals surface area contributed by atoms with Crippen molar-refractivity contribution in [3.8, 4) is 0 Å². The first-order valence-corrected chi connectivity index (χ1v) is 8.57. The summed E-state index contributed by atoms with van der Waals surface area (Å²) in [7, 11) is 0. The zero-order valence-corrected chi connectivity index (χ0v) is 13.4. The second kappa shape index (κ2) is 8.71. The highest BCUT2D eigenvalue weighted by atomic mass is 16.5. The van der Waals surface area contributed by atoms with Crippen LogP contribution in [0.15, 0.2) is 0 Å². The number of nitrogens with two attached hydrogens (primary N) is 1. The largest absolute Gasteiger partial charge is 0.377 e. The smallest absolute Gasteiger partial charge is 0.237 e. The highest BCUT2D eigenvalue weighted by Gasteiger charge is 2.28. The summed E-state index contributed by atoms with van der Waals surface area (Å²) in [6.07, 6.45) is 8.44. The first-order valence-electron chi connectivity index (χ1n) is 8.57. The Bertz CT molecular complexity index is 311. The molecule has 2 fully saturated rings. The van der Waals surface area contributed by atoms with Crippen molar-refractivity contribution in [3.05, 3.63) is 0 Å². The molecule has 1 saturated heterocycles. The lowest BCUT2D eigenvalue weighted by Crippen LogP contribution is -2.51. The number of amides is 1. The van der Waals surface area contributed by atoms with Crippen LogP contribution < -0.4 is 11.1 Å². The number of likely N-dealkylation sites (tertiary alicyclic amines) is 1. The average Bonchev–Trinajstić information content (AvgIpc) is 2.53. The molecule has 1 atom stereocenters. The summed E-state index contributed by atoms with van der Waals surface area (Å²) in [6, 6.07) is 0.376. The van der Waals surface area contributed by atoms with Crippen molar-refractivity contribution in [3.63, 3.8) is 0 Å². The van der Waals surface area contributed by atoms with E-state index in [0.717, 1.165) is 38.8 Å². The Morgan fingerprint density at radius 1 is 1.24 bits per heavy atom. The number of rotatable bonds is 6. The van der Waals surface area contributed by atoms with Gasteiger partial charge in [-0.15, -0.1) is 0 Å². The Kier molecular flexibility index (Phi) is 6.93. The number of hydrogen-bond donors (Lipinski definition) is 2. The number of hydrogen-bond acceptors (Lipinski definition) is 4. The molecule has 0 radical (unpaired) electrons. The fourth-order valence-electron chi connectivity index (χ4n) is 3.40. The van der Waals surface area contributed by atoms with Gasteiger partial charge in [-0.25, -0.2) is 0 Å². The molecule has 0 bridgehead atoms. The van der Waals surface area contributed by atoms with Gasteiger partial charge in [0.15, 0.2) is 0 Å². The van der Waals surface area contributed by atoms with Crippen molar-refractivity contribution in [2.75, 3.05) is 26.2 Å². The van der Waals surface area contributed by atoms with Gasteiger partial charge in [0.05, 0.1) is 18.8 Å². The topological polar surface area (TPSA) is 67.6 Å². The predicted molar refractivity (Wildman–Crippen MR) is 84.1 cm³/mol.